The molecule has 1 amide bonds. The van der Waals surface area contributed by atoms with E-state index in [2.05, 4.69) is 46.4 Å². The van der Waals surface area contributed by atoms with Crippen LogP contribution in [0.4, 0.5) is 5.69 Å². The minimum absolute atomic E-state index is 0.165. The first-order valence-corrected chi connectivity index (χ1v) is 10.7. The summed E-state index contributed by atoms with van der Waals surface area (Å²) in [6, 6.07) is 5.57. The van der Waals surface area contributed by atoms with Gasteiger partial charge in [0, 0.05) is 21.4 Å². The number of halogens is 1. The van der Waals surface area contributed by atoms with Crippen molar-refractivity contribution in [3.8, 4) is 5.69 Å². The van der Waals surface area contributed by atoms with Gasteiger partial charge in [0.25, 0.3) is 5.78 Å². The number of aromatic nitrogens is 7. The lowest BCUT2D eigenvalue weighted by Crippen LogP contribution is -2.19. The molecule has 11 heteroatoms. The maximum Gasteiger partial charge on any atom is 0.253 e. The highest BCUT2D eigenvalue weighted by Gasteiger charge is 2.17. The maximum atomic E-state index is 12.9. The minimum atomic E-state index is -0.165. The molecular formula is C18H17BrN8OS. The zero-order valence-electron chi connectivity index (χ0n) is 15.9. The van der Waals surface area contributed by atoms with Gasteiger partial charge in [-0.05, 0) is 38.3 Å². The third kappa shape index (κ3) is 3.87. The van der Waals surface area contributed by atoms with Gasteiger partial charge in [-0.25, -0.2) is 19.2 Å². The molecule has 0 aliphatic carbocycles. The molecular weight excluding hydrogens is 456 g/mol. The number of hydrogen-bond donors (Lipinski definition) is 1. The standard InChI is InChI=1S/C18H17BrN8OS/c1-10-13(11(2)27-17(22-10)24-18(25-27)29-3)7-16(28)23-14-6-12(19)4-5-15(14)26-9-20-8-21-26/h4-6,8-9H,7H2,1-3H3,(H,23,28). The summed E-state index contributed by atoms with van der Waals surface area (Å²) in [4.78, 5) is 25.7. The second-order valence-electron chi connectivity index (χ2n) is 6.30. The van der Waals surface area contributed by atoms with Crippen LogP contribution in [0.1, 0.15) is 17.0 Å². The van der Waals surface area contributed by atoms with Crippen molar-refractivity contribution < 1.29 is 4.79 Å². The van der Waals surface area contributed by atoms with Crippen LogP contribution in [0, 0.1) is 13.8 Å². The van der Waals surface area contributed by atoms with Crippen LogP contribution in [-0.2, 0) is 11.2 Å². The Hall–Kier alpha value is -2.79. The van der Waals surface area contributed by atoms with Crippen LogP contribution in [-0.4, -0.2) is 46.5 Å². The van der Waals surface area contributed by atoms with Crippen molar-refractivity contribution in [1.82, 2.24) is 34.3 Å². The fraction of sp³-hybridized carbons (Fsp3) is 0.222. The van der Waals surface area contributed by atoms with Crippen molar-refractivity contribution in [2.75, 3.05) is 11.6 Å². The van der Waals surface area contributed by atoms with Crippen LogP contribution < -0.4 is 5.32 Å². The van der Waals surface area contributed by atoms with Gasteiger partial charge in [0.05, 0.1) is 17.8 Å². The molecule has 1 N–H and O–H groups in total. The van der Waals surface area contributed by atoms with Gasteiger partial charge in [-0.2, -0.15) is 10.1 Å². The number of carbonyl (C=O) groups is 1. The Kier molecular flexibility index (Phi) is 5.33. The largest absolute Gasteiger partial charge is 0.324 e. The van der Waals surface area contributed by atoms with E-state index in [1.807, 2.05) is 38.3 Å². The van der Waals surface area contributed by atoms with Gasteiger partial charge < -0.3 is 5.32 Å². The SMILES string of the molecule is CSc1nc2nc(C)c(CC(=O)Nc3cc(Br)ccc3-n3cncn3)c(C)n2n1. The summed E-state index contributed by atoms with van der Waals surface area (Å²) < 4.78 is 4.13. The molecule has 0 aliphatic heterocycles. The molecule has 0 unspecified atom stereocenters. The van der Waals surface area contributed by atoms with E-state index in [1.54, 1.807) is 15.5 Å². The number of thioether (sulfide) groups is 1. The zero-order chi connectivity index (χ0) is 20.5. The molecule has 0 saturated heterocycles. The van der Waals surface area contributed by atoms with E-state index >= 15 is 0 Å². The van der Waals surface area contributed by atoms with Gasteiger partial charge in [-0.1, -0.05) is 27.7 Å². The van der Waals surface area contributed by atoms with Crippen LogP contribution in [0.2, 0.25) is 0 Å². The number of amides is 1. The van der Waals surface area contributed by atoms with Crippen LogP contribution in [0.25, 0.3) is 11.5 Å². The van der Waals surface area contributed by atoms with E-state index in [1.165, 1.54) is 18.1 Å². The molecule has 0 atom stereocenters. The molecule has 0 radical (unpaired) electrons. The molecule has 0 aliphatic rings. The number of rotatable bonds is 5. The number of anilines is 1. The molecule has 1 aromatic carbocycles. The van der Waals surface area contributed by atoms with E-state index in [4.69, 9.17) is 0 Å². The first kappa shape index (κ1) is 19.5. The highest BCUT2D eigenvalue weighted by molar-refractivity contribution is 9.10. The smallest absolute Gasteiger partial charge is 0.253 e. The first-order valence-electron chi connectivity index (χ1n) is 8.67. The van der Waals surface area contributed by atoms with Gasteiger partial charge in [0.15, 0.2) is 0 Å². The number of fused-ring (bicyclic) bond motifs is 1. The fourth-order valence-electron chi connectivity index (χ4n) is 3.03. The summed E-state index contributed by atoms with van der Waals surface area (Å²) in [5.74, 6) is 0.371. The molecule has 0 bridgehead atoms. The Labute approximate surface area is 179 Å². The molecule has 3 aromatic heterocycles. The minimum Gasteiger partial charge on any atom is -0.324 e. The average molecular weight is 473 g/mol. The monoisotopic (exact) mass is 472 g/mol. The molecule has 4 rings (SSSR count). The summed E-state index contributed by atoms with van der Waals surface area (Å²) in [5, 5.41) is 12.2. The Morgan fingerprint density at radius 2 is 2.10 bits per heavy atom. The van der Waals surface area contributed by atoms with Crippen molar-refractivity contribution in [2.45, 2.75) is 25.4 Å². The number of carbonyl (C=O) groups excluding carboxylic acids is 1. The molecule has 3 heterocycles. The summed E-state index contributed by atoms with van der Waals surface area (Å²) in [6.45, 7) is 3.80. The number of aryl methyl sites for hydroxylation is 2. The average Bonchev–Trinajstić information content (AvgIpc) is 3.35. The van der Waals surface area contributed by atoms with E-state index in [0.29, 0.717) is 16.6 Å². The number of nitrogens with zero attached hydrogens (tertiary/aromatic N) is 7. The Morgan fingerprint density at radius 3 is 2.83 bits per heavy atom. The zero-order valence-corrected chi connectivity index (χ0v) is 18.3. The topological polar surface area (TPSA) is 103 Å². The van der Waals surface area contributed by atoms with Crippen molar-refractivity contribution in [3.63, 3.8) is 0 Å². The van der Waals surface area contributed by atoms with Crippen molar-refractivity contribution in [1.29, 1.82) is 0 Å². The van der Waals surface area contributed by atoms with E-state index in [9.17, 15) is 4.79 Å². The molecule has 9 nitrogen and oxygen atoms in total. The van der Waals surface area contributed by atoms with Gasteiger partial charge in [0.1, 0.15) is 12.7 Å². The number of hydrogen-bond acceptors (Lipinski definition) is 7. The summed E-state index contributed by atoms with van der Waals surface area (Å²) in [6.07, 6.45) is 5.11. The van der Waals surface area contributed by atoms with E-state index < -0.39 is 0 Å². The molecule has 0 fully saturated rings. The normalized spacial score (nSPS) is 11.2. The highest BCUT2D eigenvalue weighted by atomic mass is 79.9. The van der Waals surface area contributed by atoms with E-state index in [0.717, 1.165) is 27.1 Å². The number of benzene rings is 1. The predicted octanol–water partition coefficient (Wildman–Crippen LogP) is 2.99. The molecule has 29 heavy (non-hydrogen) atoms. The van der Waals surface area contributed by atoms with Gasteiger partial charge in [0.2, 0.25) is 11.1 Å². The van der Waals surface area contributed by atoms with Crippen molar-refractivity contribution in [3.05, 3.63) is 52.3 Å². The third-order valence-electron chi connectivity index (χ3n) is 4.45. The Bertz CT molecular complexity index is 1200. The van der Waals surface area contributed by atoms with Gasteiger partial charge in [-0.3, -0.25) is 4.79 Å². The van der Waals surface area contributed by atoms with Crippen LogP contribution in [0.5, 0.6) is 0 Å². The predicted molar refractivity (Wildman–Crippen MR) is 113 cm³/mol. The van der Waals surface area contributed by atoms with Crippen LogP contribution in [0.15, 0.2) is 40.5 Å². The molecule has 4 aromatic rings. The van der Waals surface area contributed by atoms with Gasteiger partial charge in [-0.15, -0.1) is 5.10 Å². The lowest BCUT2D eigenvalue weighted by Gasteiger charge is -2.13. The third-order valence-corrected chi connectivity index (χ3v) is 5.48. The van der Waals surface area contributed by atoms with Crippen LogP contribution >= 0.6 is 27.7 Å². The Morgan fingerprint density at radius 1 is 1.28 bits per heavy atom. The molecule has 148 valence electrons. The van der Waals surface area contributed by atoms with E-state index in [-0.39, 0.29) is 12.3 Å². The Balaban J connectivity index is 1.64. The van der Waals surface area contributed by atoms with Gasteiger partial charge >= 0.3 is 0 Å². The lowest BCUT2D eigenvalue weighted by atomic mass is 10.1. The molecule has 0 spiro atoms. The van der Waals surface area contributed by atoms with Crippen molar-refractivity contribution >= 4 is 45.1 Å². The highest BCUT2D eigenvalue weighted by Crippen LogP contribution is 2.25. The van der Waals surface area contributed by atoms with Crippen LogP contribution in [0.3, 0.4) is 0 Å². The lowest BCUT2D eigenvalue weighted by molar-refractivity contribution is -0.115. The molecule has 0 saturated carbocycles. The number of nitrogens with one attached hydrogen (secondary N) is 1. The summed E-state index contributed by atoms with van der Waals surface area (Å²) >= 11 is 4.90. The first-order chi connectivity index (χ1) is 14.0. The second-order valence-corrected chi connectivity index (χ2v) is 7.99. The summed E-state index contributed by atoms with van der Waals surface area (Å²) in [7, 11) is 0. The summed E-state index contributed by atoms with van der Waals surface area (Å²) in [5.41, 5.74) is 3.79. The second kappa shape index (κ2) is 7.91. The maximum absolute atomic E-state index is 12.9. The van der Waals surface area contributed by atoms with Crippen molar-refractivity contribution in [2.24, 2.45) is 0 Å². The quantitative estimate of drug-likeness (QED) is 0.445. The fourth-order valence-corrected chi connectivity index (χ4v) is 3.73.